The number of fused-ring (bicyclic) bond motifs is 2. The Kier molecular flexibility index (Phi) is 15.1. The Bertz CT molecular complexity index is 4140. The lowest BCUT2D eigenvalue weighted by molar-refractivity contribution is -0.0919. The maximum Gasteiger partial charge on any atom is 0.387 e. The molecule has 3 aliphatic rings. The largest absolute Gasteiger partial charge is 0.457 e. The van der Waals surface area contributed by atoms with E-state index in [2.05, 4.69) is 41.0 Å². The Morgan fingerprint density at radius 1 is 0.671 bits per heavy atom. The summed E-state index contributed by atoms with van der Waals surface area (Å²) in [4.78, 5) is 37.0. The number of halogens is 5. The summed E-state index contributed by atoms with van der Waals surface area (Å²) >= 11 is 6.31. The Balaban J connectivity index is 0.000000167. The third kappa shape index (κ3) is 11.8. The number of likely N-dealkylation sites (tertiary alicyclic amines) is 1. The molecule has 27 heteroatoms. The minimum absolute atomic E-state index is 0.101. The lowest BCUT2D eigenvalue weighted by Crippen LogP contribution is -2.57. The molecule has 13 rings (SSSR count). The van der Waals surface area contributed by atoms with E-state index < -0.39 is 36.2 Å². The highest BCUT2D eigenvalue weighted by molar-refractivity contribution is 6.30. The molecule has 85 heavy (non-hydrogen) atoms. The number of hydrogen-bond acceptors (Lipinski definition) is 16. The standard InChI is InChI=1S/C30H27F2N7O5.C28H23ClF2N6O4/c1-37-16-30(41,17-37)18-4-2-5-20(10-18)43-21-6-7-25(44-29(31)32)22(11-21)26-24(13-39(36-26)19-14-42-15-19)35-28(40)23-12-34-38-9-3-8-33-27(23)38;1-36-15-22(34-26(38)21-14-33-37-9-3-8-32-25(21)37)24(35-36)20-13-18(4-5-23(20)41-27(30)31)40-19-11-16(10-17(29)12-19)28(39)6-2-7-28/h2-13,19,29,41H,14-17H2,1H3,(H,35,40);3-5,8-15,27,39H,2,6-7H2,1H3,(H,34,38). The van der Waals surface area contributed by atoms with Crippen LogP contribution in [0.1, 0.15) is 57.1 Å². The van der Waals surface area contributed by atoms with Gasteiger partial charge in [-0.05, 0) is 116 Å². The fourth-order valence-electron chi connectivity index (χ4n) is 10.1. The van der Waals surface area contributed by atoms with Crippen LogP contribution in [0.25, 0.3) is 33.8 Å². The molecular formula is C58H50ClF4N13O9. The van der Waals surface area contributed by atoms with Crippen LogP contribution in [0.15, 0.2) is 141 Å². The molecule has 2 saturated heterocycles. The quantitative estimate of drug-likeness (QED) is 0.0620. The summed E-state index contributed by atoms with van der Waals surface area (Å²) in [6.07, 6.45) is 14.5. The van der Waals surface area contributed by atoms with Crippen molar-refractivity contribution in [2.45, 2.75) is 49.7 Å². The second-order valence-electron chi connectivity index (χ2n) is 20.5. The number of carbonyl (C=O) groups excluding carboxylic acids is 2. The van der Waals surface area contributed by atoms with Gasteiger partial charge >= 0.3 is 13.2 Å². The molecule has 436 valence electrons. The van der Waals surface area contributed by atoms with Gasteiger partial charge in [-0.3, -0.25) is 23.9 Å². The number of carbonyl (C=O) groups is 2. The second kappa shape index (κ2) is 22.9. The number of aromatic nitrogens is 10. The highest BCUT2D eigenvalue weighted by Gasteiger charge is 2.41. The fraction of sp³-hybridized carbons (Fsp3) is 0.241. The number of ether oxygens (including phenoxy) is 5. The second-order valence-corrected chi connectivity index (χ2v) is 20.9. The number of nitrogens with zero attached hydrogens (tertiary/aromatic N) is 11. The zero-order valence-corrected chi connectivity index (χ0v) is 45.8. The molecule has 8 heterocycles. The molecule has 1 saturated carbocycles. The predicted molar refractivity (Wildman–Crippen MR) is 298 cm³/mol. The van der Waals surface area contributed by atoms with Crippen molar-refractivity contribution in [3.63, 3.8) is 0 Å². The fourth-order valence-corrected chi connectivity index (χ4v) is 10.4. The molecule has 0 atom stereocenters. The number of nitrogens with one attached hydrogen (secondary N) is 2. The number of alkyl halides is 4. The van der Waals surface area contributed by atoms with Gasteiger partial charge in [-0.1, -0.05) is 23.7 Å². The molecule has 2 aliphatic heterocycles. The van der Waals surface area contributed by atoms with E-state index in [1.54, 1.807) is 85.0 Å². The van der Waals surface area contributed by atoms with Crippen LogP contribution < -0.4 is 29.6 Å². The molecule has 0 radical (unpaired) electrons. The number of amides is 2. The van der Waals surface area contributed by atoms with Crippen LogP contribution in [0.5, 0.6) is 34.5 Å². The van der Waals surface area contributed by atoms with Gasteiger partial charge in [-0.25, -0.2) is 19.0 Å². The van der Waals surface area contributed by atoms with Gasteiger partial charge in [-0.2, -0.15) is 38.0 Å². The lowest BCUT2D eigenvalue weighted by Gasteiger charge is -2.44. The van der Waals surface area contributed by atoms with Crippen molar-refractivity contribution in [2.75, 3.05) is 44.0 Å². The molecule has 10 aromatic rings. The summed E-state index contributed by atoms with van der Waals surface area (Å²) in [5.74, 6) is 0.0291. The first-order valence-electron chi connectivity index (χ1n) is 26.4. The first kappa shape index (κ1) is 56.0. The van der Waals surface area contributed by atoms with Gasteiger partial charge in [0.05, 0.1) is 59.8 Å². The summed E-state index contributed by atoms with van der Waals surface area (Å²) in [7, 11) is 3.55. The Hall–Kier alpha value is -9.47. The van der Waals surface area contributed by atoms with E-state index in [-0.39, 0.29) is 68.3 Å². The average molecular weight is 1180 g/mol. The van der Waals surface area contributed by atoms with Gasteiger partial charge in [0.1, 0.15) is 62.6 Å². The summed E-state index contributed by atoms with van der Waals surface area (Å²) in [6, 6.07) is 24.0. The Morgan fingerprint density at radius 3 is 1.76 bits per heavy atom. The Morgan fingerprint density at radius 2 is 1.22 bits per heavy atom. The average Bonchev–Trinajstić information content (AvgIpc) is 3.85. The molecule has 4 N–H and O–H groups in total. The highest BCUT2D eigenvalue weighted by atomic mass is 35.5. The maximum atomic E-state index is 13.5. The summed E-state index contributed by atoms with van der Waals surface area (Å²) in [6.45, 7) is -4.40. The van der Waals surface area contributed by atoms with Crippen molar-refractivity contribution in [2.24, 2.45) is 7.05 Å². The number of β-amino-alcohol motifs (C(OH)–C–C–N with tert-alkyl or cyclic N) is 1. The van der Waals surface area contributed by atoms with E-state index in [4.69, 9.17) is 35.3 Å². The molecule has 4 aromatic carbocycles. The monoisotopic (exact) mass is 1180 g/mol. The lowest BCUT2D eigenvalue weighted by atomic mass is 9.75. The van der Waals surface area contributed by atoms with Gasteiger partial charge in [-0.15, -0.1) is 0 Å². The molecule has 1 aliphatic carbocycles. The van der Waals surface area contributed by atoms with E-state index in [0.29, 0.717) is 83.8 Å². The number of likely N-dealkylation sites (N-methyl/N-ethyl adjacent to an activating group) is 1. The van der Waals surface area contributed by atoms with Crippen molar-refractivity contribution < 1.29 is 61.0 Å². The van der Waals surface area contributed by atoms with Crippen molar-refractivity contribution in [1.82, 2.24) is 53.7 Å². The van der Waals surface area contributed by atoms with Crippen LogP contribution in [0, 0.1) is 0 Å². The maximum absolute atomic E-state index is 13.5. The first-order chi connectivity index (χ1) is 40.9. The topological polar surface area (TPSA) is 244 Å². The van der Waals surface area contributed by atoms with Crippen LogP contribution in [-0.4, -0.2) is 122 Å². The number of hydrogen-bond donors (Lipinski definition) is 4. The predicted octanol–water partition coefficient (Wildman–Crippen LogP) is 9.74. The third-order valence-corrected chi connectivity index (χ3v) is 14.7. The number of aryl methyl sites for hydroxylation is 1. The zero-order chi connectivity index (χ0) is 59.1. The van der Waals surface area contributed by atoms with Crippen molar-refractivity contribution >= 4 is 46.1 Å². The molecule has 6 aromatic heterocycles. The summed E-state index contributed by atoms with van der Waals surface area (Å²) in [5, 5.41) is 45.1. The SMILES string of the molecule is CN1CC(O)(c2cccc(Oc3ccc(OC(F)F)c(-c4nn(C5COC5)cc4NC(=O)c4cnn5cccnc45)c3)c2)C1.Cn1cc(NC(=O)c2cnn3cccnc23)c(-c2cc(Oc3cc(Cl)cc(C4(O)CCC4)c3)ccc2OC(F)F)n1. The molecule has 2 amide bonds. The van der Waals surface area contributed by atoms with Crippen LogP contribution >= 0.6 is 11.6 Å². The number of rotatable bonds is 17. The van der Waals surface area contributed by atoms with Crippen LogP contribution in [0.2, 0.25) is 5.02 Å². The normalized spacial score (nSPS) is 15.4. The van der Waals surface area contributed by atoms with Crippen LogP contribution in [0.3, 0.4) is 0 Å². The van der Waals surface area contributed by atoms with Gasteiger partial charge in [0.25, 0.3) is 11.8 Å². The number of benzene rings is 4. The van der Waals surface area contributed by atoms with Crippen molar-refractivity contribution in [1.29, 1.82) is 0 Å². The zero-order valence-electron chi connectivity index (χ0n) is 45.0. The van der Waals surface area contributed by atoms with Crippen LogP contribution in [-0.2, 0) is 23.0 Å². The molecular weight excluding hydrogens is 1130 g/mol. The highest BCUT2D eigenvalue weighted by Crippen LogP contribution is 2.45. The Labute approximate surface area is 484 Å². The molecule has 0 unspecified atom stereocenters. The molecule has 0 spiro atoms. The van der Waals surface area contributed by atoms with Gasteiger partial charge < -0.3 is 44.5 Å². The van der Waals surface area contributed by atoms with E-state index in [0.717, 1.165) is 6.42 Å². The third-order valence-electron chi connectivity index (χ3n) is 14.4. The number of aliphatic hydroxyl groups is 2. The molecule has 22 nitrogen and oxygen atoms in total. The molecule has 3 fully saturated rings. The number of anilines is 2. The summed E-state index contributed by atoms with van der Waals surface area (Å²) in [5.41, 5.74) is 1.72. The van der Waals surface area contributed by atoms with Crippen molar-refractivity contribution in [3.8, 4) is 57.0 Å². The van der Waals surface area contributed by atoms with E-state index in [9.17, 15) is 37.4 Å². The van der Waals surface area contributed by atoms with Gasteiger partial charge in [0.2, 0.25) is 0 Å². The van der Waals surface area contributed by atoms with Gasteiger partial charge in [0.15, 0.2) is 11.3 Å². The minimum atomic E-state index is -3.11. The molecule has 0 bridgehead atoms. The van der Waals surface area contributed by atoms with Crippen LogP contribution in [0.4, 0.5) is 28.9 Å². The van der Waals surface area contributed by atoms with E-state index in [1.165, 1.54) is 74.9 Å². The van der Waals surface area contributed by atoms with E-state index in [1.807, 2.05) is 18.0 Å². The summed E-state index contributed by atoms with van der Waals surface area (Å²) < 4.78 is 86.8. The van der Waals surface area contributed by atoms with E-state index >= 15 is 0 Å². The van der Waals surface area contributed by atoms with Gasteiger partial charge in [0, 0.05) is 62.3 Å². The minimum Gasteiger partial charge on any atom is -0.457 e. The smallest absolute Gasteiger partial charge is 0.387 e. The first-order valence-corrected chi connectivity index (χ1v) is 26.8. The van der Waals surface area contributed by atoms with Crippen molar-refractivity contribution in [3.05, 3.63) is 168 Å².